The summed E-state index contributed by atoms with van der Waals surface area (Å²) in [6.45, 7) is 2.55. The quantitative estimate of drug-likeness (QED) is 0.0752. The molecule has 0 saturated heterocycles. The van der Waals surface area contributed by atoms with E-state index in [1.165, 1.54) is 0 Å². The molecule has 210 valence electrons. The Hall–Kier alpha value is -1.94. The molecular weight excluding hydrogens is 508 g/mol. The zero-order valence-corrected chi connectivity index (χ0v) is 23.8. The number of hydrogen-bond donors (Lipinski definition) is 4. The maximum Gasteiger partial charge on any atom is 0.407 e. The smallest absolute Gasteiger partial charge is 0.407 e. The Morgan fingerprint density at radius 3 is 2.00 bits per heavy atom. The van der Waals surface area contributed by atoms with Gasteiger partial charge in [0.15, 0.2) is 0 Å². The van der Waals surface area contributed by atoms with Crippen LogP contribution in [0.4, 0.5) is 4.79 Å². The standard InChI is InChI=1S/C28H46N2O5S2/c1-2-3-4-5-6-7-8-9-10-11-12-13-14-15-16-17-18-19-27(33)29-20-22-36-37-23-21-35-28(34)30-24-26(32)25-31/h3-4,6-7,9-10,12-13,15-16,26,31-32H,2,5,8,11,14,17-25H2,1H3,(H,29,33)(H,30,34)/b4-3-,7-6-,10-9-,13-12-,16-15-. The average Bonchev–Trinajstić information content (AvgIpc) is 2.90. The van der Waals surface area contributed by atoms with Crippen LogP contribution in [0.3, 0.4) is 0 Å². The minimum atomic E-state index is -0.981. The third-order valence-electron chi connectivity index (χ3n) is 4.62. The number of rotatable bonds is 23. The normalized spacial score (nSPS) is 12.9. The summed E-state index contributed by atoms with van der Waals surface area (Å²) in [6, 6.07) is 0. The first kappa shape index (κ1) is 35.1. The van der Waals surface area contributed by atoms with Crippen molar-refractivity contribution in [2.75, 3.05) is 37.8 Å². The number of aliphatic hydroxyl groups is 2. The number of unbranched alkanes of at least 4 members (excludes halogenated alkanes) is 1. The minimum Gasteiger partial charge on any atom is -0.449 e. The highest BCUT2D eigenvalue weighted by molar-refractivity contribution is 8.76. The lowest BCUT2D eigenvalue weighted by molar-refractivity contribution is -0.121. The third-order valence-corrected chi connectivity index (χ3v) is 6.99. The van der Waals surface area contributed by atoms with E-state index < -0.39 is 18.8 Å². The van der Waals surface area contributed by atoms with Gasteiger partial charge in [-0.3, -0.25) is 4.79 Å². The van der Waals surface area contributed by atoms with Gasteiger partial charge in [0.1, 0.15) is 6.61 Å². The van der Waals surface area contributed by atoms with Gasteiger partial charge >= 0.3 is 6.09 Å². The van der Waals surface area contributed by atoms with Crippen molar-refractivity contribution in [2.45, 2.75) is 64.4 Å². The van der Waals surface area contributed by atoms with Crippen molar-refractivity contribution < 1.29 is 24.5 Å². The first-order chi connectivity index (χ1) is 18.1. The molecule has 0 aliphatic rings. The molecule has 0 radical (unpaired) electrons. The van der Waals surface area contributed by atoms with Gasteiger partial charge in [-0.15, -0.1) is 0 Å². The summed E-state index contributed by atoms with van der Waals surface area (Å²) >= 11 is 0. The summed E-state index contributed by atoms with van der Waals surface area (Å²) in [7, 11) is 3.17. The SMILES string of the molecule is CC/C=C\C/C=C\C/C=C\C/C=C\C/C=C\CCCC(=O)NCCSSCCOC(=O)NCC(O)CO. The van der Waals surface area contributed by atoms with E-state index in [9.17, 15) is 9.59 Å². The van der Waals surface area contributed by atoms with Gasteiger partial charge in [0.2, 0.25) is 5.91 Å². The topological polar surface area (TPSA) is 108 Å². The summed E-state index contributed by atoms with van der Waals surface area (Å²) < 4.78 is 4.94. The van der Waals surface area contributed by atoms with Crippen LogP contribution in [0.2, 0.25) is 0 Å². The van der Waals surface area contributed by atoms with Crippen LogP contribution in [0.25, 0.3) is 0 Å². The van der Waals surface area contributed by atoms with Gasteiger partial charge in [0, 0.05) is 31.0 Å². The molecule has 37 heavy (non-hydrogen) atoms. The van der Waals surface area contributed by atoms with E-state index in [2.05, 4.69) is 78.3 Å². The second-order valence-electron chi connectivity index (χ2n) is 7.95. The number of alkyl carbamates (subject to hydrolysis) is 1. The Morgan fingerprint density at radius 1 is 0.838 bits per heavy atom. The number of carbonyl (C=O) groups is 2. The molecular formula is C28H46N2O5S2. The summed E-state index contributed by atoms with van der Waals surface area (Å²) in [5.74, 6) is 1.48. The predicted molar refractivity (Wildman–Crippen MR) is 159 cm³/mol. The average molecular weight is 555 g/mol. The van der Waals surface area contributed by atoms with Crippen molar-refractivity contribution in [1.29, 1.82) is 0 Å². The molecule has 2 amide bonds. The molecule has 1 atom stereocenters. The number of nitrogens with one attached hydrogen (secondary N) is 2. The van der Waals surface area contributed by atoms with Gasteiger partial charge < -0.3 is 25.6 Å². The summed E-state index contributed by atoms with van der Waals surface area (Å²) in [6.07, 6.45) is 27.4. The van der Waals surface area contributed by atoms with Gasteiger partial charge in [-0.25, -0.2) is 4.79 Å². The van der Waals surface area contributed by atoms with Gasteiger partial charge in [-0.1, -0.05) is 89.3 Å². The monoisotopic (exact) mass is 554 g/mol. The molecule has 0 bridgehead atoms. The van der Waals surface area contributed by atoms with Crippen molar-refractivity contribution in [3.63, 3.8) is 0 Å². The molecule has 4 N–H and O–H groups in total. The molecule has 0 aromatic rings. The Labute approximate surface area is 231 Å². The largest absolute Gasteiger partial charge is 0.449 e. The van der Waals surface area contributed by atoms with Crippen molar-refractivity contribution in [3.8, 4) is 0 Å². The molecule has 0 aliphatic carbocycles. The first-order valence-corrected chi connectivity index (χ1v) is 15.5. The Balaban J connectivity index is 3.49. The van der Waals surface area contributed by atoms with E-state index in [4.69, 9.17) is 14.9 Å². The second kappa shape index (κ2) is 28.6. The highest BCUT2D eigenvalue weighted by atomic mass is 33.1. The number of aliphatic hydroxyl groups excluding tert-OH is 2. The molecule has 0 heterocycles. The fourth-order valence-electron chi connectivity index (χ4n) is 2.67. The fraction of sp³-hybridized carbons (Fsp3) is 0.571. The lowest BCUT2D eigenvalue weighted by Gasteiger charge is -2.09. The van der Waals surface area contributed by atoms with Crippen molar-refractivity contribution in [3.05, 3.63) is 60.8 Å². The van der Waals surface area contributed by atoms with Crippen LogP contribution in [0.15, 0.2) is 60.8 Å². The Kier molecular flexibility index (Phi) is 27.1. The lowest BCUT2D eigenvalue weighted by Crippen LogP contribution is -2.34. The van der Waals surface area contributed by atoms with Crippen molar-refractivity contribution >= 4 is 33.6 Å². The summed E-state index contributed by atoms with van der Waals surface area (Å²) in [5, 5.41) is 23.1. The number of allylic oxidation sites excluding steroid dienone is 10. The molecule has 1 unspecified atom stereocenters. The number of hydrogen-bond acceptors (Lipinski definition) is 7. The van der Waals surface area contributed by atoms with E-state index >= 15 is 0 Å². The fourth-order valence-corrected chi connectivity index (χ4v) is 4.41. The second-order valence-corrected chi connectivity index (χ2v) is 10.6. The zero-order chi connectivity index (χ0) is 27.2. The first-order valence-electron chi connectivity index (χ1n) is 13.1. The Morgan fingerprint density at radius 2 is 1.41 bits per heavy atom. The summed E-state index contributed by atoms with van der Waals surface area (Å²) in [5.41, 5.74) is 0. The van der Waals surface area contributed by atoms with Crippen LogP contribution < -0.4 is 10.6 Å². The molecule has 0 saturated carbocycles. The minimum absolute atomic E-state index is 0.0424. The molecule has 0 fully saturated rings. The molecule has 7 nitrogen and oxygen atoms in total. The van der Waals surface area contributed by atoms with Gasteiger partial charge in [0.25, 0.3) is 0 Å². The van der Waals surface area contributed by atoms with Crippen LogP contribution in [-0.4, -0.2) is 66.1 Å². The van der Waals surface area contributed by atoms with Gasteiger partial charge in [0.05, 0.1) is 12.7 Å². The third kappa shape index (κ3) is 28.5. The van der Waals surface area contributed by atoms with Gasteiger partial charge in [-0.2, -0.15) is 0 Å². The van der Waals surface area contributed by atoms with Crippen molar-refractivity contribution in [1.82, 2.24) is 10.6 Å². The maximum absolute atomic E-state index is 11.9. The van der Waals surface area contributed by atoms with Crippen LogP contribution in [0.5, 0.6) is 0 Å². The maximum atomic E-state index is 11.9. The van der Waals surface area contributed by atoms with Gasteiger partial charge in [-0.05, 0) is 44.9 Å². The van der Waals surface area contributed by atoms with Crippen molar-refractivity contribution in [2.24, 2.45) is 0 Å². The van der Waals surface area contributed by atoms with Crippen LogP contribution in [0.1, 0.15) is 58.3 Å². The summed E-state index contributed by atoms with van der Waals surface area (Å²) in [4.78, 5) is 23.2. The highest BCUT2D eigenvalue weighted by Gasteiger charge is 2.06. The molecule has 9 heteroatoms. The molecule has 0 aromatic carbocycles. The van der Waals surface area contributed by atoms with E-state index in [1.807, 2.05) is 0 Å². The molecule has 0 aliphatic heterocycles. The number of amides is 2. The van der Waals surface area contributed by atoms with E-state index in [-0.39, 0.29) is 19.1 Å². The van der Waals surface area contributed by atoms with E-state index in [1.54, 1.807) is 21.6 Å². The van der Waals surface area contributed by atoms with E-state index in [0.29, 0.717) is 18.7 Å². The number of ether oxygens (including phenoxy) is 1. The zero-order valence-electron chi connectivity index (χ0n) is 22.2. The predicted octanol–water partition coefficient (Wildman–Crippen LogP) is 5.49. The van der Waals surface area contributed by atoms with Crippen LogP contribution in [-0.2, 0) is 9.53 Å². The van der Waals surface area contributed by atoms with Crippen LogP contribution >= 0.6 is 21.6 Å². The molecule has 0 rings (SSSR count). The van der Waals surface area contributed by atoms with E-state index in [0.717, 1.165) is 50.7 Å². The highest BCUT2D eigenvalue weighted by Crippen LogP contribution is 2.19. The molecule has 0 aromatic heterocycles. The Bertz CT molecular complexity index is 709. The number of carbonyl (C=O) groups excluding carboxylic acids is 2. The van der Waals surface area contributed by atoms with Crippen LogP contribution in [0, 0.1) is 0 Å². The lowest BCUT2D eigenvalue weighted by atomic mass is 10.2. The molecule has 0 spiro atoms.